The summed E-state index contributed by atoms with van der Waals surface area (Å²) in [5.41, 5.74) is 5.29. The molecule has 1 aromatic heterocycles. The van der Waals surface area contributed by atoms with Crippen LogP contribution in [0.3, 0.4) is 0 Å². The van der Waals surface area contributed by atoms with Crippen LogP contribution in [0.4, 0.5) is 0 Å². The highest BCUT2D eigenvalue weighted by Crippen LogP contribution is 2.24. The summed E-state index contributed by atoms with van der Waals surface area (Å²) in [6.07, 6.45) is 1.82. The van der Waals surface area contributed by atoms with Crippen LogP contribution in [0.2, 0.25) is 0 Å². The molecule has 5 heteroatoms. The Hall–Kier alpha value is -1.30. The minimum Gasteiger partial charge on any atom is -0.271 e. The molecule has 1 atom stereocenters. The zero-order chi connectivity index (χ0) is 13.7. The molecule has 1 unspecified atom stereocenters. The van der Waals surface area contributed by atoms with Crippen molar-refractivity contribution in [2.75, 3.05) is 5.75 Å². The molecular formula is C14H20N4S. The molecule has 2 rings (SSSR count). The molecule has 2 aromatic rings. The van der Waals surface area contributed by atoms with Crippen molar-refractivity contribution in [3.8, 4) is 0 Å². The maximum Gasteiger partial charge on any atom is 0.0722 e. The average Bonchev–Trinajstić information content (AvgIpc) is 2.90. The van der Waals surface area contributed by atoms with Gasteiger partial charge in [0.05, 0.1) is 11.7 Å². The lowest BCUT2D eigenvalue weighted by molar-refractivity contribution is 0.528. The number of aryl methyl sites for hydroxylation is 2. The van der Waals surface area contributed by atoms with Crippen LogP contribution in [0.5, 0.6) is 0 Å². The standard InChI is InChI=1S/C14H20N4S/c1-3-18-14(8-9-16-18)13(17-15)10-19-12-6-4-11(2)5-7-12/h4-9,13,17H,3,10,15H2,1-2H3. The summed E-state index contributed by atoms with van der Waals surface area (Å²) in [5.74, 6) is 6.55. The number of aromatic nitrogens is 2. The summed E-state index contributed by atoms with van der Waals surface area (Å²) in [6.45, 7) is 5.03. The molecule has 0 saturated carbocycles. The van der Waals surface area contributed by atoms with Gasteiger partial charge in [-0.3, -0.25) is 16.0 Å². The second-order valence-corrected chi connectivity index (χ2v) is 5.51. The van der Waals surface area contributed by atoms with E-state index in [2.05, 4.69) is 48.6 Å². The van der Waals surface area contributed by atoms with Gasteiger partial charge < -0.3 is 0 Å². The number of benzene rings is 1. The quantitative estimate of drug-likeness (QED) is 0.483. The van der Waals surface area contributed by atoms with E-state index in [9.17, 15) is 0 Å². The van der Waals surface area contributed by atoms with Crippen LogP contribution in [0.15, 0.2) is 41.4 Å². The molecule has 0 aliphatic carbocycles. The van der Waals surface area contributed by atoms with Crippen molar-refractivity contribution in [3.05, 3.63) is 47.8 Å². The molecular weight excluding hydrogens is 256 g/mol. The van der Waals surface area contributed by atoms with Gasteiger partial charge in [-0.05, 0) is 32.0 Å². The minimum absolute atomic E-state index is 0.105. The van der Waals surface area contributed by atoms with E-state index >= 15 is 0 Å². The Labute approximate surface area is 118 Å². The maximum atomic E-state index is 5.67. The molecule has 0 aliphatic rings. The molecule has 19 heavy (non-hydrogen) atoms. The van der Waals surface area contributed by atoms with Gasteiger partial charge in [0.2, 0.25) is 0 Å². The van der Waals surface area contributed by atoms with Crippen molar-refractivity contribution < 1.29 is 0 Å². The van der Waals surface area contributed by atoms with E-state index in [1.165, 1.54) is 10.5 Å². The average molecular weight is 276 g/mol. The van der Waals surface area contributed by atoms with Crippen molar-refractivity contribution in [1.82, 2.24) is 15.2 Å². The van der Waals surface area contributed by atoms with Crippen molar-refractivity contribution in [3.63, 3.8) is 0 Å². The fourth-order valence-electron chi connectivity index (χ4n) is 1.94. The topological polar surface area (TPSA) is 55.9 Å². The third-order valence-corrected chi connectivity index (χ3v) is 4.15. The highest BCUT2D eigenvalue weighted by Gasteiger charge is 2.14. The van der Waals surface area contributed by atoms with Crippen LogP contribution >= 0.6 is 11.8 Å². The van der Waals surface area contributed by atoms with Gasteiger partial charge >= 0.3 is 0 Å². The van der Waals surface area contributed by atoms with Crippen LogP contribution in [0.25, 0.3) is 0 Å². The SMILES string of the molecule is CCn1nccc1C(CSc1ccc(C)cc1)NN. The predicted octanol–water partition coefficient (Wildman–Crippen LogP) is 2.51. The van der Waals surface area contributed by atoms with Crippen molar-refractivity contribution in [1.29, 1.82) is 0 Å². The van der Waals surface area contributed by atoms with E-state index in [0.717, 1.165) is 18.0 Å². The van der Waals surface area contributed by atoms with Gasteiger partial charge in [-0.15, -0.1) is 11.8 Å². The summed E-state index contributed by atoms with van der Waals surface area (Å²) in [5, 5.41) is 4.28. The first-order valence-electron chi connectivity index (χ1n) is 6.42. The molecule has 0 saturated heterocycles. The summed E-state index contributed by atoms with van der Waals surface area (Å²) in [7, 11) is 0. The smallest absolute Gasteiger partial charge is 0.0722 e. The van der Waals surface area contributed by atoms with Crippen LogP contribution in [0.1, 0.15) is 24.2 Å². The third kappa shape index (κ3) is 3.59. The molecule has 0 bridgehead atoms. The summed E-state index contributed by atoms with van der Waals surface area (Å²) in [4.78, 5) is 1.26. The van der Waals surface area contributed by atoms with E-state index in [1.54, 1.807) is 11.8 Å². The summed E-state index contributed by atoms with van der Waals surface area (Å²) < 4.78 is 1.97. The normalized spacial score (nSPS) is 12.6. The molecule has 0 radical (unpaired) electrons. The number of rotatable bonds is 6. The second kappa shape index (κ2) is 6.75. The molecule has 0 aliphatic heterocycles. The van der Waals surface area contributed by atoms with Gasteiger partial charge in [-0.1, -0.05) is 17.7 Å². The van der Waals surface area contributed by atoms with Gasteiger partial charge in [0.1, 0.15) is 0 Å². The lowest BCUT2D eigenvalue weighted by Crippen LogP contribution is -2.31. The largest absolute Gasteiger partial charge is 0.271 e. The maximum absolute atomic E-state index is 5.67. The molecule has 1 heterocycles. The second-order valence-electron chi connectivity index (χ2n) is 4.42. The Morgan fingerprint density at radius 1 is 1.32 bits per heavy atom. The number of hydrazine groups is 1. The van der Waals surface area contributed by atoms with Crippen LogP contribution in [-0.2, 0) is 6.54 Å². The summed E-state index contributed by atoms with van der Waals surface area (Å²) >= 11 is 1.80. The molecule has 0 spiro atoms. The van der Waals surface area contributed by atoms with Crippen molar-refractivity contribution >= 4 is 11.8 Å². The fourth-order valence-corrected chi connectivity index (χ4v) is 2.89. The van der Waals surface area contributed by atoms with E-state index in [0.29, 0.717) is 0 Å². The lowest BCUT2D eigenvalue weighted by Gasteiger charge is -2.16. The van der Waals surface area contributed by atoms with Gasteiger partial charge in [0.15, 0.2) is 0 Å². The Morgan fingerprint density at radius 3 is 2.68 bits per heavy atom. The Morgan fingerprint density at radius 2 is 2.05 bits per heavy atom. The number of nitrogens with two attached hydrogens (primary N) is 1. The van der Waals surface area contributed by atoms with Crippen LogP contribution in [0, 0.1) is 6.92 Å². The number of nitrogens with zero attached hydrogens (tertiary/aromatic N) is 2. The summed E-state index contributed by atoms with van der Waals surface area (Å²) in [6, 6.07) is 10.7. The Kier molecular flexibility index (Phi) is 5.01. The lowest BCUT2D eigenvalue weighted by atomic mass is 10.2. The fraction of sp³-hybridized carbons (Fsp3) is 0.357. The number of hydrogen-bond donors (Lipinski definition) is 2. The van der Waals surface area contributed by atoms with E-state index in [1.807, 2.05) is 16.9 Å². The molecule has 102 valence electrons. The van der Waals surface area contributed by atoms with Gasteiger partial charge in [0, 0.05) is 23.4 Å². The first-order chi connectivity index (χ1) is 9.24. The Bertz CT molecular complexity index is 506. The molecule has 1 aromatic carbocycles. The van der Waals surface area contributed by atoms with Gasteiger partial charge in [-0.25, -0.2) is 0 Å². The molecule has 3 N–H and O–H groups in total. The number of hydrogen-bond acceptors (Lipinski definition) is 4. The predicted molar refractivity (Wildman–Crippen MR) is 79.9 cm³/mol. The monoisotopic (exact) mass is 276 g/mol. The third-order valence-electron chi connectivity index (χ3n) is 3.04. The number of thioether (sulfide) groups is 1. The minimum atomic E-state index is 0.105. The van der Waals surface area contributed by atoms with E-state index in [-0.39, 0.29) is 6.04 Å². The van der Waals surface area contributed by atoms with Crippen LogP contribution in [-0.4, -0.2) is 15.5 Å². The highest BCUT2D eigenvalue weighted by atomic mass is 32.2. The zero-order valence-corrected chi connectivity index (χ0v) is 12.2. The first kappa shape index (κ1) is 14.1. The first-order valence-corrected chi connectivity index (χ1v) is 7.40. The molecule has 0 fully saturated rings. The van der Waals surface area contributed by atoms with Crippen molar-refractivity contribution in [2.24, 2.45) is 5.84 Å². The van der Waals surface area contributed by atoms with E-state index in [4.69, 9.17) is 5.84 Å². The van der Waals surface area contributed by atoms with Gasteiger partial charge in [-0.2, -0.15) is 5.10 Å². The molecule has 0 amide bonds. The molecule has 4 nitrogen and oxygen atoms in total. The van der Waals surface area contributed by atoms with E-state index < -0.39 is 0 Å². The highest BCUT2D eigenvalue weighted by molar-refractivity contribution is 7.99. The van der Waals surface area contributed by atoms with Crippen LogP contribution < -0.4 is 11.3 Å². The number of nitrogens with one attached hydrogen (secondary N) is 1. The van der Waals surface area contributed by atoms with Gasteiger partial charge in [0.25, 0.3) is 0 Å². The Balaban J connectivity index is 2.02. The van der Waals surface area contributed by atoms with Crippen molar-refractivity contribution in [2.45, 2.75) is 31.3 Å². The zero-order valence-electron chi connectivity index (χ0n) is 11.3.